The Bertz CT molecular complexity index is 435. The van der Waals surface area contributed by atoms with Crippen LogP contribution in [0.2, 0.25) is 0 Å². The molecule has 5 nitrogen and oxygen atoms in total. The van der Waals surface area contributed by atoms with Crippen LogP contribution in [0.15, 0.2) is 18.2 Å². The van der Waals surface area contributed by atoms with Crippen LogP contribution in [0.5, 0.6) is 11.5 Å². The molecule has 1 aromatic carbocycles. The van der Waals surface area contributed by atoms with E-state index in [1.807, 2.05) is 32.2 Å². The average molecular weight is 280 g/mol. The summed E-state index contributed by atoms with van der Waals surface area (Å²) in [4.78, 5) is 11.8. The predicted molar refractivity (Wildman–Crippen MR) is 79.4 cm³/mol. The zero-order chi connectivity index (χ0) is 15.0. The number of hydrogen-bond acceptors (Lipinski definition) is 4. The Morgan fingerprint density at radius 1 is 1.30 bits per heavy atom. The average Bonchev–Trinajstić information content (AvgIpc) is 2.49. The van der Waals surface area contributed by atoms with Crippen molar-refractivity contribution in [1.29, 1.82) is 0 Å². The van der Waals surface area contributed by atoms with Crippen LogP contribution in [0.3, 0.4) is 0 Å². The molecule has 0 aliphatic rings. The van der Waals surface area contributed by atoms with Gasteiger partial charge in [-0.3, -0.25) is 4.79 Å². The Kier molecular flexibility index (Phi) is 6.87. The molecule has 0 spiro atoms. The SMILES string of the molecule is CNC(C)CNC(=O)CCc1cc(OC)ccc1OC. The van der Waals surface area contributed by atoms with Gasteiger partial charge in [0.1, 0.15) is 11.5 Å². The first kappa shape index (κ1) is 16.3. The summed E-state index contributed by atoms with van der Waals surface area (Å²) >= 11 is 0. The molecular weight excluding hydrogens is 256 g/mol. The van der Waals surface area contributed by atoms with Gasteiger partial charge in [0.05, 0.1) is 14.2 Å². The number of nitrogens with one attached hydrogen (secondary N) is 2. The van der Waals surface area contributed by atoms with Gasteiger partial charge in [0, 0.05) is 19.0 Å². The first-order valence-electron chi connectivity index (χ1n) is 6.75. The lowest BCUT2D eigenvalue weighted by Gasteiger charge is -2.12. The number of hydrogen-bond donors (Lipinski definition) is 2. The van der Waals surface area contributed by atoms with Crippen molar-refractivity contribution in [2.75, 3.05) is 27.8 Å². The largest absolute Gasteiger partial charge is 0.497 e. The maximum absolute atomic E-state index is 11.8. The second-order valence-electron chi connectivity index (χ2n) is 4.67. The van der Waals surface area contributed by atoms with Gasteiger partial charge in [0.15, 0.2) is 0 Å². The van der Waals surface area contributed by atoms with Crippen LogP contribution in [-0.2, 0) is 11.2 Å². The minimum atomic E-state index is 0.0389. The number of likely N-dealkylation sites (N-methyl/N-ethyl adjacent to an activating group) is 1. The molecule has 5 heteroatoms. The molecular formula is C15H24N2O3. The molecule has 0 saturated carbocycles. The van der Waals surface area contributed by atoms with Crippen molar-refractivity contribution in [2.45, 2.75) is 25.8 Å². The lowest BCUT2D eigenvalue weighted by Crippen LogP contribution is -2.37. The minimum absolute atomic E-state index is 0.0389. The van der Waals surface area contributed by atoms with Gasteiger partial charge in [-0.05, 0) is 44.2 Å². The van der Waals surface area contributed by atoms with E-state index in [9.17, 15) is 4.79 Å². The van der Waals surface area contributed by atoms with Gasteiger partial charge < -0.3 is 20.1 Å². The smallest absolute Gasteiger partial charge is 0.220 e. The van der Waals surface area contributed by atoms with Crippen molar-refractivity contribution in [3.05, 3.63) is 23.8 Å². The zero-order valence-corrected chi connectivity index (χ0v) is 12.7. The summed E-state index contributed by atoms with van der Waals surface area (Å²) in [5.41, 5.74) is 0.976. The fourth-order valence-electron chi connectivity index (χ4n) is 1.78. The normalized spacial score (nSPS) is 11.8. The summed E-state index contributed by atoms with van der Waals surface area (Å²) in [6, 6.07) is 5.87. The predicted octanol–water partition coefficient (Wildman–Crippen LogP) is 1.36. The van der Waals surface area contributed by atoms with Gasteiger partial charge in [0.2, 0.25) is 5.91 Å². The van der Waals surface area contributed by atoms with Crippen molar-refractivity contribution in [2.24, 2.45) is 0 Å². The molecule has 1 aromatic rings. The number of amides is 1. The number of ether oxygens (including phenoxy) is 2. The van der Waals surface area contributed by atoms with Crippen LogP contribution >= 0.6 is 0 Å². The Balaban J connectivity index is 2.53. The van der Waals surface area contributed by atoms with E-state index in [1.165, 1.54) is 0 Å². The van der Waals surface area contributed by atoms with E-state index in [-0.39, 0.29) is 11.9 Å². The van der Waals surface area contributed by atoms with E-state index in [0.29, 0.717) is 19.4 Å². The molecule has 1 rings (SSSR count). The van der Waals surface area contributed by atoms with Crippen LogP contribution < -0.4 is 20.1 Å². The molecule has 0 heterocycles. The second kappa shape index (κ2) is 8.43. The summed E-state index contributed by atoms with van der Waals surface area (Å²) in [5, 5.41) is 5.97. The molecule has 0 bridgehead atoms. The number of carbonyl (C=O) groups is 1. The third-order valence-electron chi connectivity index (χ3n) is 3.21. The lowest BCUT2D eigenvalue weighted by molar-refractivity contribution is -0.121. The quantitative estimate of drug-likeness (QED) is 0.755. The van der Waals surface area contributed by atoms with E-state index < -0.39 is 0 Å². The maximum atomic E-state index is 11.8. The summed E-state index contributed by atoms with van der Waals surface area (Å²) in [6.45, 7) is 2.65. The van der Waals surface area contributed by atoms with Gasteiger partial charge in [0.25, 0.3) is 0 Å². The van der Waals surface area contributed by atoms with Crippen LogP contribution in [0, 0.1) is 0 Å². The first-order valence-corrected chi connectivity index (χ1v) is 6.75. The third kappa shape index (κ3) is 5.09. The van der Waals surface area contributed by atoms with Gasteiger partial charge in [-0.1, -0.05) is 0 Å². The Labute approximate surface area is 120 Å². The molecule has 1 atom stereocenters. The van der Waals surface area contributed by atoms with Crippen molar-refractivity contribution in [1.82, 2.24) is 10.6 Å². The molecule has 0 saturated heterocycles. The fraction of sp³-hybridized carbons (Fsp3) is 0.533. The number of benzene rings is 1. The summed E-state index contributed by atoms with van der Waals surface area (Å²) < 4.78 is 10.5. The Morgan fingerprint density at radius 2 is 2.05 bits per heavy atom. The van der Waals surface area contributed by atoms with Crippen molar-refractivity contribution >= 4 is 5.91 Å². The van der Waals surface area contributed by atoms with E-state index in [4.69, 9.17) is 9.47 Å². The molecule has 0 aromatic heterocycles. The van der Waals surface area contributed by atoms with Crippen molar-refractivity contribution in [3.63, 3.8) is 0 Å². The molecule has 0 fully saturated rings. The molecule has 0 radical (unpaired) electrons. The number of aryl methyl sites for hydroxylation is 1. The molecule has 112 valence electrons. The van der Waals surface area contributed by atoms with Crippen LogP contribution in [-0.4, -0.2) is 39.8 Å². The van der Waals surface area contributed by atoms with Crippen LogP contribution in [0.4, 0.5) is 0 Å². The number of rotatable bonds is 8. The lowest BCUT2D eigenvalue weighted by atomic mass is 10.1. The van der Waals surface area contributed by atoms with Gasteiger partial charge in [-0.25, -0.2) is 0 Å². The van der Waals surface area contributed by atoms with Crippen LogP contribution in [0.1, 0.15) is 18.9 Å². The van der Waals surface area contributed by atoms with Crippen LogP contribution in [0.25, 0.3) is 0 Å². The second-order valence-corrected chi connectivity index (χ2v) is 4.67. The van der Waals surface area contributed by atoms with E-state index >= 15 is 0 Å². The van der Waals surface area contributed by atoms with Gasteiger partial charge in [-0.15, -0.1) is 0 Å². The van der Waals surface area contributed by atoms with E-state index in [2.05, 4.69) is 10.6 Å². The number of methoxy groups -OCH3 is 2. The summed E-state index contributed by atoms with van der Waals surface area (Å²) in [6.07, 6.45) is 1.06. The van der Waals surface area contributed by atoms with E-state index in [0.717, 1.165) is 17.1 Å². The minimum Gasteiger partial charge on any atom is -0.497 e. The van der Waals surface area contributed by atoms with Gasteiger partial charge in [-0.2, -0.15) is 0 Å². The number of carbonyl (C=O) groups excluding carboxylic acids is 1. The molecule has 20 heavy (non-hydrogen) atoms. The summed E-state index contributed by atoms with van der Waals surface area (Å²) in [7, 11) is 5.12. The zero-order valence-electron chi connectivity index (χ0n) is 12.7. The molecule has 1 unspecified atom stereocenters. The van der Waals surface area contributed by atoms with E-state index in [1.54, 1.807) is 14.2 Å². The standard InChI is InChI=1S/C15H24N2O3/c1-11(16-2)10-17-15(18)8-5-12-9-13(19-3)6-7-14(12)20-4/h6-7,9,11,16H,5,8,10H2,1-4H3,(H,17,18). The summed E-state index contributed by atoms with van der Waals surface area (Å²) in [5.74, 6) is 1.59. The van der Waals surface area contributed by atoms with Crippen molar-refractivity contribution < 1.29 is 14.3 Å². The first-order chi connectivity index (χ1) is 9.60. The molecule has 1 amide bonds. The van der Waals surface area contributed by atoms with Crippen molar-refractivity contribution in [3.8, 4) is 11.5 Å². The Morgan fingerprint density at radius 3 is 2.65 bits per heavy atom. The maximum Gasteiger partial charge on any atom is 0.220 e. The highest BCUT2D eigenvalue weighted by Crippen LogP contribution is 2.24. The molecule has 0 aliphatic carbocycles. The fourth-order valence-corrected chi connectivity index (χ4v) is 1.78. The molecule has 0 aliphatic heterocycles. The topological polar surface area (TPSA) is 59.6 Å². The highest BCUT2D eigenvalue weighted by atomic mass is 16.5. The third-order valence-corrected chi connectivity index (χ3v) is 3.21. The highest BCUT2D eigenvalue weighted by Gasteiger charge is 2.09. The van der Waals surface area contributed by atoms with Gasteiger partial charge >= 0.3 is 0 Å². The monoisotopic (exact) mass is 280 g/mol. The highest BCUT2D eigenvalue weighted by molar-refractivity contribution is 5.76. The Hall–Kier alpha value is -1.75. The molecule has 2 N–H and O–H groups in total.